The van der Waals surface area contributed by atoms with Gasteiger partial charge in [-0.2, -0.15) is 5.10 Å². The molecule has 1 aromatic rings. The summed E-state index contributed by atoms with van der Waals surface area (Å²) in [5, 5.41) is 7.15. The average Bonchev–Trinajstić information content (AvgIpc) is 3.05. The lowest BCUT2D eigenvalue weighted by Gasteiger charge is -2.28. The van der Waals surface area contributed by atoms with Crippen molar-refractivity contribution in [1.29, 1.82) is 0 Å². The molecule has 6 heteroatoms. The van der Waals surface area contributed by atoms with Gasteiger partial charge in [-0.25, -0.2) is 0 Å². The highest BCUT2D eigenvalue weighted by Gasteiger charge is 2.26. The number of aromatic amines is 1. The van der Waals surface area contributed by atoms with E-state index >= 15 is 0 Å². The molecule has 1 atom stereocenters. The van der Waals surface area contributed by atoms with E-state index in [0.29, 0.717) is 17.4 Å². The van der Waals surface area contributed by atoms with Gasteiger partial charge in [0, 0.05) is 39.3 Å². The molecule has 0 bridgehead atoms. The van der Waals surface area contributed by atoms with Crippen molar-refractivity contribution in [1.82, 2.24) is 15.1 Å². The van der Waals surface area contributed by atoms with Gasteiger partial charge < -0.3 is 14.4 Å². The largest absolute Gasteiger partial charge is 0.381 e. The second kappa shape index (κ2) is 7.24. The molecule has 0 spiro atoms. The number of ether oxygens (including phenoxy) is 2. The van der Waals surface area contributed by atoms with Crippen molar-refractivity contribution in [2.75, 3.05) is 40.0 Å². The van der Waals surface area contributed by atoms with Gasteiger partial charge in [-0.1, -0.05) is 0 Å². The first kappa shape index (κ1) is 15.5. The highest BCUT2D eigenvalue weighted by Crippen LogP contribution is 2.28. The molecule has 3 rings (SSSR count). The molecule has 1 amide bonds. The molecule has 0 aliphatic carbocycles. The minimum absolute atomic E-state index is 0.0563. The van der Waals surface area contributed by atoms with Crippen LogP contribution < -0.4 is 0 Å². The summed E-state index contributed by atoms with van der Waals surface area (Å²) >= 11 is 0. The second-order valence-corrected chi connectivity index (χ2v) is 6.35. The zero-order chi connectivity index (χ0) is 15.4. The van der Waals surface area contributed by atoms with Crippen LogP contribution in [0.15, 0.2) is 6.20 Å². The fraction of sp³-hybridized carbons (Fsp3) is 0.750. The van der Waals surface area contributed by atoms with E-state index in [0.717, 1.165) is 64.3 Å². The third kappa shape index (κ3) is 3.50. The molecule has 1 N–H and O–H groups in total. The molecule has 1 unspecified atom stereocenters. The van der Waals surface area contributed by atoms with E-state index in [1.54, 1.807) is 6.20 Å². The van der Waals surface area contributed by atoms with Crippen molar-refractivity contribution in [3.8, 4) is 0 Å². The maximum atomic E-state index is 12.7. The molecule has 0 aromatic carbocycles. The number of H-pyrrole nitrogens is 1. The number of amides is 1. The van der Waals surface area contributed by atoms with Gasteiger partial charge in [0.05, 0.1) is 24.1 Å². The molecule has 0 saturated carbocycles. The minimum atomic E-state index is 0.0563. The van der Waals surface area contributed by atoms with Crippen LogP contribution in [0.5, 0.6) is 0 Å². The Hall–Kier alpha value is -1.40. The van der Waals surface area contributed by atoms with E-state index < -0.39 is 0 Å². The van der Waals surface area contributed by atoms with Crippen LogP contribution in [-0.4, -0.2) is 61.0 Å². The summed E-state index contributed by atoms with van der Waals surface area (Å²) in [6.45, 7) is 3.87. The normalized spacial score (nSPS) is 23.4. The van der Waals surface area contributed by atoms with Crippen LogP contribution in [0, 0.1) is 5.92 Å². The molecule has 22 heavy (non-hydrogen) atoms. The number of carbonyl (C=O) groups is 1. The number of aromatic nitrogens is 2. The second-order valence-electron chi connectivity index (χ2n) is 6.35. The van der Waals surface area contributed by atoms with Crippen LogP contribution >= 0.6 is 0 Å². The van der Waals surface area contributed by atoms with Gasteiger partial charge in [-0.3, -0.25) is 9.89 Å². The lowest BCUT2D eigenvalue weighted by molar-refractivity contribution is 0.0387. The Bertz CT molecular complexity index is 491. The highest BCUT2D eigenvalue weighted by molar-refractivity contribution is 5.95. The maximum Gasteiger partial charge on any atom is 0.257 e. The maximum absolute atomic E-state index is 12.7. The highest BCUT2D eigenvalue weighted by atomic mass is 16.5. The Balaban J connectivity index is 1.65. The molecule has 6 nitrogen and oxygen atoms in total. The molecule has 1 aromatic heterocycles. The molecule has 2 saturated heterocycles. The minimum Gasteiger partial charge on any atom is -0.381 e. The number of nitrogens with zero attached hydrogens (tertiary/aromatic N) is 2. The lowest BCUT2D eigenvalue weighted by atomic mass is 9.93. The van der Waals surface area contributed by atoms with E-state index in [9.17, 15) is 4.79 Å². The molecular weight excluding hydrogens is 282 g/mol. The molecular formula is C16H25N3O3. The van der Waals surface area contributed by atoms with Crippen molar-refractivity contribution in [3.05, 3.63) is 17.5 Å². The monoisotopic (exact) mass is 307 g/mol. The van der Waals surface area contributed by atoms with E-state index in [1.807, 2.05) is 11.9 Å². The predicted octanol–water partition coefficient (Wildman–Crippen LogP) is 1.80. The van der Waals surface area contributed by atoms with Gasteiger partial charge >= 0.3 is 0 Å². The SMILES string of the molecule is CN(CC1CCCOC1)C(=O)c1cn[nH]c1C1CCOCC1. The molecule has 3 heterocycles. The summed E-state index contributed by atoms with van der Waals surface area (Å²) in [4.78, 5) is 14.5. The third-order valence-electron chi connectivity index (χ3n) is 4.66. The molecule has 0 radical (unpaired) electrons. The molecule has 2 aliphatic rings. The van der Waals surface area contributed by atoms with E-state index in [-0.39, 0.29) is 5.91 Å². The van der Waals surface area contributed by atoms with E-state index in [1.165, 1.54) is 0 Å². The smallest absolute Gasteiger partial charge is 0.257 e. The van der Waals surface area contributed by atoms with E-state index in [4.69, 9.17) is 9.47 Å². The van der Waals surface area contributed by atoms with Gasteiger partial charge in [-0.15, -0.1) is 0 Å². The van der Waals surface area contributed by atoms with Crippen LogP contribution in [0.1, 0.15) is 47.7 Å². The zero-order valence-electron chi connectivity index (χ0n) is 13.2. The van der Waals surface area contributed by atoms with Gasteiger partial charge in [0.25, 0.3) is 5.91 Å². The summed E-state index contributed by atoms with van der Waals surface area (Å²) in [6.07, 6.45) is 5.79. The first-order valence-electron chi connectivity index (χ1n) is 8.20. The number of nitrogens with one attached hydrogen (secondary N) is 1. The van der Waals surface area contributed by atoms with Gasteiger partial charge in [0.1, 0.15) is 0 Å². The molecule has 122 valence electrons. The average molecular weight is 307 g/mol. The van der Waals surface area contributed by atoms with Crippen LogP contribution in [0.4, 0.5) is 0 Å². The summed E-state index contributed by atoms with van der Waals surface area (Å²) in [5.41, 5.74) is 1.69. The summed E-state index contributed by atoms with van der Waals surface area (Å²) < 4.78 is 10.9. The van der Waals surface area contributed by atoms with Crippen molar-refractivity contribution in [2.45, 2.75) is 31.6 Å². The Morgan fingerprint density at radius 2 is 2.14 bits per heavy atom. The van der Waals surface area contributed by atoms with Crippen molar-refractivity contribution < 1.29 is 14.3 Å². The van der Waals surface area contributed by atoms with Crippen LogP contribution in [0.3, 0.4) is 0 Å². The topological polar surface area (TPSA) is 67.5 Å². The Kier molecular flexibility index (Phi) is 5.10. The van der Waals surface area contributed by atoms with Gasteiger partial charge in [0.15, 0.2) is 0 Å². The van der Waals surface area contributed by atoms with Crippen molar-refractivity contribution >= 4 is 5.91 Å². The number of carbonyl (C=O) groups excluding carboxylic acids is 1. The fourth-order valence-corrected chi connectivity index (χ4v) is 3.39. The molecule has 2 aliphatic heterocycles. The van der Waals surface area contributed by atoms with Crippen molar-refractivity contribution in [3.63, 3.8) is 0 Å². The third-order valence-corrected chi connectivity index (χ3v) is 4.66. The quantitative estimate of drug-likeness (QED) is 0.921. The van der Waals surface area contributed by atoms with Crippen LogP contribution in [0.25, 0.3) is 0 Å². The Morgan fingerprint density at radius 1 is 1.32 bits per heavy atom. The van der Waals surface area contributed by atoms with E-state index in [2.05, 4.69) is 10.2 Å². The number of hydrogen-bond acceptors (Lipinski definition) is 4. The Labute approximate surface area is 131 Å². The first-order valence-corrected chi connectivity index (χ1v) is 8.20. The summed E-state index contributed by atoms with van der Waals surface area (Å²) in [6, 6.07) is 0. The van der Waals surface area contributed by atoms with Crippen LogP contribution in [-0.2, 0) is 9.47 Å². The van der Waals surface area contributed by atoms with Gasteiger partial charge in [0.2, 0.25) is 0 Å². The van der Waals surface area contributed by atoms with Crippen LogP contribution in [0.2, 0.25) is 0 Å². The summed E-state index contributed by atoms with van der Waals surface area (Å²) in [5.74, 6) is 0.851. The van der Waals surface area contributed by atoms with Crippen molar-refractivity contribution in [2.24, 2.45) is 5.92 Å². The predicted molar refractivity (Wildman–Crippen MR) is 81.9 cm³/mol. The standard InChI is InChI=1S/C16H25N3O3/c1-19(10-12-3-2-6-22-11-12)16(20)14-9-17-18-15(14)13-4-7-21-8-5-13/h9,12-13H,2-8,10-11H2,1H3,(H,17,18). The summed E-state index contributed by atoms with van der Waals surface area (Å²) in [7, 11) is 1.87. The molecule has 2 fully saturated rings. The Morgan fingerprint density at radius 3 is 2.86 bits per heavy atom. The lowest BCUT2D eigenvalue weighted by Crippen LogP contribution is -2.35. The number of hydrogen-bond donors (Lipinski definition) is 1. The fourth-order valence-electron chi connectivity index (χ4n) is 3.39. The zero-order valence-corrected chi connectivity index (χ0v) is 13.2. The number of rotatable bonds is 4. The first-order chi connectivity index (χ1) is 10.8. The van der Waals surface area contributed by atoms with Gasteiger partial charge in [-0.05, 0) is 31.6 Å².